The summed E-state index contributed by atoms with van der Waals surface area (Å²) in [5.41, 5.74) is 0.504. The second kappa shape index (κ2) is 9.17. The Hall–Kier alpha value is -2.75. The van der Waals surface area contributed by atoms with Gasteiger partial charge in [0.25, 0.3) is 0 Å². The number of phenols is 1. The van der Waals surface area contributed by atoms with Gasteiger partial charge >= 0.3 is 6.18 Å². The van der Waals surface area contributed by atoms with Crippen LogP contribution in [0.15, 0.2) is 24.8 Å². The molecule has 2 aliphatic heterocycles. The van der Waals surface area contributed by atoms with E-state index in [0.29, 0.717) is 44.8 Å². The third-order valence-corrected chi connectivity index (χ3v) is 5.81. The number of alkyl halides is 3. The summed E-state index contributed by atoms with van der Waals surface area (Å²) in [7, 11) is 0. The zero-order chi connectivity index (χ0) is 22.8. The van der Waals surface area contributed by atoms with Crippen molar-refractivity contribution in [3.8, 4) is 5.75 Å². The number of carbonyl (C=O) groups excluding carboxylic acids is 2. The highest BCUT2D eigenvalue weighted by Gasteiger charge is 2.35. The molecule has 1 aromatic rings. The monoisotopic (exact) mass is 440 g/mol. The minimum Gasteiger partial charge on any atom is -0.506 e. The number of phenolic OH excluding ortho intramolecular Hbond substituents is 1. The summed E-state index contributed by atoms with van der Waals surface area (Å²) in [5, 5.41) is 12.8. The van der Waals surface area contributed by atoms with Gasteiger partial charge in [0.05, 0.1) is 18.7 Å². The van der Waals surface area contributed by atoms with Crippen LogP contribution >= 0.6 is 0 Å². The first kappa shape index (κ1) is 22.9. The van der Waals surface area contributed by atoms with Crippen molar-refractivity contribution in [1.82, 2.24) is 14.7 Å². The number of nitrogens with one attached hydrogen (secondary N) is 1. The standard InChI is InChI=1S/C21H27F3N4O3/c1-3-19(30)28-12-16(13-28)26-4-6-27(7-5-26)20(31)11-25-17-9-15(10-21(22,23)24)14(2)8-18(17)29/h3,8-9,16,25,29H,1,4-7,10-13H2,2H3. The number of nitrogens with zero attached hydrogens (tertiary/aromatic N) is 3. The van der Waals surface area contributed by atoms with E-state index in [1.54, 1.807) is 9.80 Å². The third kappa shape index (κ3) is 5.69. The van der Waals surface area contributed by atoms with Gasteiger partial charge in [0.1, 0.15) is 5.75 Å². The van der Waals surface area contributed by atoms with Crippen LogP contribution in [0.25, 0.3) is 0 Å². The van der Waals surface area contributed by atoms with Crippen molar-refractivity contribution in [2.75, 3.05) is 51.1 Å². The van der Waals surface area contributed by atoms with Gasteiger partial charge in [-0.3, -0.25) is 14.5 Å². The van der Waals surface area contributed by atoms with Crippen LogP contribution in [-0.2, 0) is 16.0 Å². The van der Waals surface area contributed by atoms with Gasteiger partial charge in [-0.05, 0) is 36.3 Å². The van der Waals surface area contributed by atoms with Gasteiger partial charge < -0.3 is 20.2 Å². The largest absolute Gasteiger partial charge is 0.506 e. The van der Waals surface area contributed by atoms with Crippen molar-refractivity contribution in [2.45, 2.75) is 25.6 Å². The lowest BCUT2D eigenvalue weighted by Gasteiger charge is -2.47. The van der Waals surface area contributed by atoms with Crippen LogP contribution in [0.1, 0.15) is 11.1 Å². The Balaban J connectivity index is 1.48. The van der Waals surface area contributed by atoms with Gasteiger partial charge in [-0.2, -0.15) is 13.2 Å². The van der Waals surface area contributed by atoms with E-state index in [0.717, 1.165) is 0 Å². The van der Waals surface area contributed by atoms with Crippen molar-refractivity contribution in [2.24, 2.45) is 0 Å². The first-order valence-electron chi connectivity index (χ1n) is 10.1. The summed E-state index contributed by atoms with van der Waals surface area (Å²) in [4.78, 5) is 29.7. The van der Waals surface area contributed by atoms with E-state index in [1.807, 2.05) is 0 Å². The molecule has 2 amide bonds. The highest BCUT2D eigenvalue weighted by Crippen LogP contribution is 2.31. The number of hydrogen-bond donors (Lipinski definition) is 2. The molecule has 10 heteroatoms. The fourth-order valence-corrected chi connectivity index (χ4v) is 3.90. The molecule has 2 N–H and O–H groups in total. The van der Waals surface area contributed by atoms with Gasteiger partial charge in [0, 0.05) is 45.3 Å². The quantitative estimate of drug-likeness (QED) is 0.521. The lowest BCUT2D eigenvalue weighted by Crippen LogP contribution is -2.64. The van der Waals surface area contributed by atoms with Crippen LogP contribution in [0.5, 0.6) is 5.75 Å². The molecule has 0 aromatic heterocycles. The Morgan fingerprint density at radius 2 is 1.84 bits per heavy atom. The number of benzene rings is 1. The van der Waals surface area contributed by atoms with Crippen molar-refractivity contribution in [1.29, 1.82) is 0 Å². The second-order valence-corrected chi connectivity index (χ2v) is 7.96. The Morgan fingerprint density at radius 1 is 1.19 bits per heavy atom. The van der Waals surface area contributed by atoms with Crippen molar-refractivity contribution in [3.05, 3.63) is 35.9 Å². The van der Waals surface area contributed by atoms with Gasteiger partial charge in [-0.15, -0.1) is 0 Å². The molecule has 2 heterocycles. The van der Waals surface area contributed by atoms with E-state index in [4.69, 9.17) is 0 Å². The highest BCUT2D eigenvalue weighted by atomic mass is 19.4. The van der Waals surface area contributed by atoms with E-state index in [2.05, 4.69) is 16.8 Å². The van der Waals surface area contributed by atoms with Crippen molar-refractivity contribution in [3.63, 3.8) is 0 Å². The Labute approximate surface area is 179 Å². The summed E-state index contributed by atoms with van der Waals surface area (Å²) < 4.78 is 38.2. The van der Waals surface area contributed by atoms with Crippen LogP contribution in [0.4, 0.5) is 18.9 Å². The average molecular weight is 440 g/mol. The van der Waals surface area contributed by atoms with Crippen LogP contribution < -0.4 is 5.32 Å². The Bertz CT molecular complexity index is 845. The molecular formula is C21H27F3N4O3. The van der Waals surface area contributed by atoms with Crippen LogP contribution in [0.2, 0.25) is 0 Å². The summed E-state index contributed by atoms with van der Waals surface area (Å²) in [5.74, 6) is -0.451. The lowest BCUT2D eigenvalue weighted by molar-refractivity contribution is -0.135. The summed E-state index contributed by atoms with van der Waals surface area (Å²) in [6.45, 7) is 8.64. The van der Waals surface area contributed by atoms with E-state index >= 15 is 0 Å². The third-order valence-electron chi connectivity index (χ3n) is 5.81. The second-order valence-electron chi connectivity index (χ2n) is 7.96. The molecule has 2 aliphatic rings. The molecule has 0 spiro atoms. The minimum absolute atomic E-state index is 0.0540. The highest BCUT2D eigenvalue weighted by molar-refractivity contribution is 5.87. The molecule has 2 saturated heterocycles. The number of amides is 2. The van der Waals surface area contributed by atoms with E-state index in [-0.39, 0.29) is 41.4 Å². The maximum absolute atomic E-state index is 12.7. The van der Waals surface area contributed by atoms with Crippen molar-refractivity contribution < 1.29 is 27.9 Å². The van der Waals surface area contributed by atoms with E-state index < -0.39 is 12.6 Å². The number of halogens is 3. The fourth-order valence-electron chi connectivity index (χ4n) is 3.90. The molecular weight excluding hydrogens is 413 g/mol. The number of carbonyl (C=O) groups is 2. The molecule has 0 atom stereocenters. The number of anilines is 1. The Kier molecular flexibility index (Phi) is 6.78. The zero-order valence-corrected chi connectivity index (χ0v) is 17.4. The van der Waals surface area contributed by atoms with E-state index in [9.17, 15) is 27.9 Å². The zero-order valence-electron chi connectivity index (χ0n) is 17.4. The molecule has 1 aromatic carbocycles. The first-order chi connectivity index (χ1) is 14.6. The van der Waals surface area contributed by atoms with Crippen molar-refractivity contribution >= 4 is 17.5 Å². The predicted molar refractivity (Wildman–Crippen MR) is 110 cm³/mol. The number of hydrogen-bond acceptors (Lipinski definition) is 5. The smallest absolute Gasteiger partial charge is 0.393 e. The average Bonchev–Trinajstić information content (AvgIpc) is 2.67. The number of aromatic hydroxyl groups is 1. The first-order valence-corrected chi connectivity index (χ1v) is 10.1. The molecule has 0 unspecified atom stereocenters. The maximum atomic E-state index is 12.7. The molecule has 0 radical (unpaired) electrons. The van der Waals surface area contributed by atoms with Gasteiger partial charge in [0.15, 0.2) is 0 Å². The summed E-state index contributed by atoms with van der Waals surface area (Å²) >= 11 is 0. The van der Waals surface area contributed by atoms with Crippen LogP contribution in [0, 0.1) is 6.92 Å². The van der Waals surface area contributed by atoms with Crippen LogP contribution in [0.3, 0.4) is 0 Å². The molecule has 3 rings (SSSR count). The number of rotatable bonds is 6. The lowest BCUT2D eigenvalue weighted by atomic mass is 10.0. The molecule has 31 heavy (non-hydrogen) atoms. The number of piperazine rings is 1. The molecule has 0 saturated carbocycles. The van der Waals surface area contributed by atoms with E-state index in [1.165, 1.54) is 25.1 Å². The Morgan fingerprint density at radius 3 is 2.42 bits per heavy atom. The molecule has 0 bridgehead atoms. The van der Waals surface area contributed by atoms with Gasteiger partial charge in [-0.25, -0.2) is 0 Å². The number of aryl methyl sites for hydroxylation is 1. The predicted octanol–water partition coefficient (Wildman–Crippen LogP) is 1.76. The number of likely N-dealkylation sites (tertiary alicyclic amines) is 1. The minimum atomic E-state index is -4.36. The maximum Gasteiger partial charge on any atom is 0.393 e. The molecule has 0 aliphatic carbocycles. The topological polar surface area (TPSA) is 76.1 Å². The normalized spacial score (nSPS) is 17.9. The van der Waals surface area contributed by atoms with Gasteiger partial charge in [0.2, 0.25) is 11.8 Å². The van der Waals surface area contributed by atoms with Crippen LogP contribution in [-0.4, -0.2) is 89.7 Å². The molecule has 170 valence electrons. The summed E-state index contributed by atoms with van der Waals surface area (Å²) in [6.07, 6.45) is -4.15. The SMILES string of the molecule is C=CC(=O)N1CC(N2CCN(C(=O)CNc3cc(CC(F)(F)F)c(C)cc3O)CC2)C1. The molecule has 2 fully saturated rings. The van der Waals surface area contributed by atoms with Gasteiger partial charge in [-0.1, -0.05) is 6.58 Å². The fraction of sp³-hybridized carbons (Fsp3) is 0.524. The summed E-state index contributed by atoms with van der Waals surface area (Å²) in [6, 6.07) is 2.80. The molecule has 7 nitrogen and oxygen atoms in total.